The predicted octanol–water partition coefficient (Wildman–Crippen LogP) is -0.227. The summed E-state index contributed by atoms with van der Waals surface area (Å²) in [5, 5.41) is 18.3. The fraction of sp³-hybridized carbons (Fsp3) is 1.00. The third-order valence-electron chi connectivity index (χ3n) is 1.74. The molecule has 0 radical (unpaired) electrons. The molecule has 60 valence electrons. The van der Waals surface area contributed by atoms with Gasteiger partial charge in [-0.2, -0.15) is 0 Å². The van der Waals surface area contributed by atoms with Gasteiger partial charge in [0.15, 0.2) is 0 Å². The Kier molecular flexibility index (Phi) is 2.57. The van der Waals surface area contributed by atoms with Gasteiger partial charge in [-0.05, 0) is 6.42 Å². The van der Waals surface area contributed by atoms with Crippen molar-refractivity contribution in [1.29, 1.82) is 0 Å². The van der Waals surface area contributed by atoms with Crippen LogP contribution >= 0.6 is 12.6 Å². The van der Waals surface area contributed by atoms with Gasteiger partial charge in [0, 0.05) is 0 Å². The van der Waals surface area contributed by atoms with Crippen LogP contribution in [0.1, 0.15) is 13.3 Å². The molecule has 1 aliphatic heterocycles. The fourth-order valence-corrected chi connectivity index (χ4v) is 1.40. The highest BCUT2D eigenvalue weighted by Crippen LogP contribution is 2.24. The quantitative estimate of drug-likeness (QED) is 0.469. The molecule has 0 amide bonds. The van der Waals surface area contributed by atoms with Crippen LogP contribution in [0.25, 0.3) is 0 Å². The Labute approximate surface area is 65.4 Å². The van der Waals surface area contributed by atoms with Crippen molar-refractivity contribution in [1.82, 2.24) is 0 Å². The Balaban J connectivity index is 2.53. The van der Waals surface area contributed by atoms with E-state index in [4.69, 9.17) is 9.84 Å². The van der Waals surface area contributed by atoms with E-state index in [2.05, 4.69) is 12.6 Å². The van der Waals surface area contributed by atoms with E-state index in [1.165, 1.54) is 0 Å². The zero-order valence-corrected chi connectivity index (χ0v) is 6.66. The van der Waals surface area contributed by atoms with Crippen LogP contribution in [0.2, 0.25) is 0 Å². The molecule has 4 atom stereocenters. The van der Waals surface area contributed by atoms with Gasteiger partial charge in [0.25, 0.3) is 0 Å². The summed E-state index contributed by atoms with van der Waals surface area (Å²) in [4.78, 5) is 0. The molecular weight excluding hydrogens is 152 g/mol. The summed E-state index contributed by atoms with van der Waals surface area (Å²) in [5.41, 5.74) is -0.528. The normalized spacial score (nSPS) is 48.0. The second kappa shape index (κ2) is 3.09. The Morgan fingerprint density at radius 1 is 1.40 bits per heavy atom. The van der Waals surface area contributed by atoms with Gasteiger partial charge >= 0.3 is 0 Å². The molecule has 1 fully saturated rings. The molecule has 1 saturated heterocycles. The van der Waals surface area contributed by atoms with Crippen LogP contribution in [-0.2, 0) is 4.74 Å². The molecule has 0 bridgehead atoms. The number of rotatable bonds is 1. The molecule has 10 heavy (non-hydrogen) atoms. The molecule has 0 aromatic heterocycles. The Morgan fingerprint density at radius 3 is 2.20 bits per heavy atom. The van der Waals surface area contributed by atoms with Gasteiger partial charge in [-0.1, -0.05) is 6.92 Å². The van der Waals surface area contributed by atoms with Gasteiger partial charge in [0.1, 0.15) is 17.6 Å². The van der Waals surface area contributed by atoms with Crippen LogP contribution < -0.4 is 0 Å². The van der Waals surface area contributed by atoms with E-state index >= 15 is 0 Å². The highest BCUT2D eigenvalue weighted by atomic mass is 32.1. The molecule has 1 heterocycles. The first-order chi connectivity index (χ1) is 4.66. The number of aliphatic hydroxyl groups is 2. The fourth-order valence-electron chi connectivity index (χ4n) is 1.07. The standard InChI is InChI=1S/C6H12O3S/c1-2-3-4(7)5(8)6(10)9-3/h3-8,10H,2H2,1H3/t3-,4+,5-,6-/m1/s1. The van der Waals surface area contributed by atoms with Crippen LogP contribution in [0.4, 0.5) is 0 Å². The largest absolute Gasteiger partial charge is 0.388 e. The van der Waals surface area contributed by atoms with E-state index in [-0.39, 0.29) is 6.10 Å². The lowest BCUT2D eigenvalue weighted by atomic mass is 10.1. The highest BCUT2D eigenvalue weighted by Gasteiger charge is 2.39. The van der Waals surface area contributed by atoms with Crippen molar-refractivity contribution in [2.45, 2.75) is 37.1 Å². The predicted molar refractivity (Wildman–Crippen MR) is 40.0 cm³/mol. The molecule has 1 aliphatic rings. The molecule has 2 N–H and O–H groups in total. The van der Waals surface area contributed by atoms with Crippen LogP contribution in [0.5, 0.6) is 0 Å². The summed E-state index contributed by atoms with van der Waals surface area (Å²) in [6, 6.07) is 0. The minimum Gasteiger partial charge on any atom is -0.388 e. The molecule has 4 heteroatoms. The molecule has 0 aromatic rings. The van der Waals surface area contributed by atoms with E-state index in [9.17, 15) is 5.11 Å². The van der Waals surface area contributed by atoms with E-state index in [1.54, 1.807) is 0 Å². The van der Waals surface area contributed by atoms with Crippen molar-refractivity contribution < 1.29 is 14.9 Å². The number of thiol groups is 1. The van der Waals surface area contributed by atoms with Gasteiger partial charge in [-0.15, -0.1) is 12.6 Å². The van der Waals surface area contributed by atoms with Gasteiger partial charge in [-0.3, -0.25) is 0 Å². The van der Waals surface area contributed by atoms with Crippen LogP contribution in [0.3, 0.4) is 0 Å². The van der Waals surface area contributed by atoms with Gasteiger partial charge in [0.05, 0.1) is 6.10 Å². The minimum absolute atomic E-state index is 0.252. The molecular formula is C6H12O3S. The summed E-state index contributed by atoms with van der Waals surface area (Å²) >= 11 is 3.93. The molecule has 0 saturated carbocycles. The number of aliphatic hydroxyl groups excluding tert-OH is 2. The van der Waals surface area contributed by atoms with Crippen molar-refractivity contribution in [3.8, 4) is 0 Å². The topological polar surface area (TPSA) is 49.7 Å². The lowest BCUT2D eigenvalue weighted by Gasteiger charge is -2.10. The zero-order valence-electron chi connectivity index (χ0n) is 5.77. The maximum Gasteiger partial charge on any atom is 0.129 e. The third-order valence-corrected chi connectivity index (χ3v) is 2.17. The first-order valence-corrected chi connectivity index (χ1v) is 3.88. The molecule has 1 rings (SSSR count). The second-order valence-electron chi connectivity index (χ2n) is 2.45. The number of ether oxygens (including phenoxy) is 1. The first kappa shape index (κ1) is 8.33. The number of hydrogen-bond donors (Lipinski definition) is 3. The van der Waals surface area contributed by atoms with Crippen molar-refractivity contribution in [2.24, 2.45) is 0 Å². The maximum absolute atomic E-state index is 9.20. The van der Waals surface area contributed by atoms with Crippen LogP contribution in [-0.4, -0.2) is 34.0 Å². The lowest BCUT2D eigenvalue weighted by molar-refractivity contribution is 0.0213. The molecule has 0 unspecified atom stereocenters. The zero-order chi connectivity index (χ0) is 7.72. The summed E-state index contributed by atoms with van der Waals surface area (Å²) in [6.45, 7) is 1.90. The maximum atomic E-state index is 9.20. The molecule has 0 aliphatic carbocycles. The average Bonchev–Trinajstić information content (AvgIpc) is 2.17. The summed E-state index contributed by atoms with van der Waals surface area (Å²) < 4.78 is 5.10. The summed E-state index contributed by atoms with van der Waals surface area (Å²) in [7, 11) is 0. The SMILES string of the molecule is CC[C@H]1O[C@H](S)[C@H](O)[C@H]1O. The Morgan fingerprint density at radius 2 is 2.00 bits per heavy atom. The van der Waals surface area contributed by atoms with E-state index in [1.807, 2.05) is 6.92 Å². The lowest BCUT2D eigenvalue weighted by Crippen LogP contribution is -2.30. The van der Waals surface area contributed by atoms with Crippen molar-refractivity contribution in [2.75, 3.05) is 0 Å². The van der Waals surface area contributed by atoms with Gasteiger partial charge < -0.3 is 14.9 Å². The van der Waals surface area contributed by atoms with Gasteiger partial charge in [0.2, 0.25) is 0 Å². The minimum atomic E-state index is -0.840. The summed E-state index contributed by atoms with van der Waals surface area (Å²) in [6.07, 6.45) is -1.16. The van der Waals surface area contributed by atoms with Crippen molar-refractivity contribution in [3.63, 3.8) is 0 Å². The smallest absolute Gasteiger partial charge is 0.129 e. The molecule has 3 nitrogen and oxygen atoms in total. The van der Waals surface area contributed by atoms with E-state index in [0.29, 0.717) is 6.42 Å². The monoisotopic (exact) mass is 164 g/mol. The van der Waals surface area contributed by atoms with Crippen LogP contribution in [0, 0.1) is 0 Å². The average molecular weight is 164 g/mol. The first-order valence-electron chi connectivity index (χ1n) is 3.36. The molecule has 0 aromatic carbocycles. The highest BCUT2D eigenvalue weighted by molar-refractivity contribution is 7.80. The van der Waals surface area contributed by atoms with Crippen LogP contribution in [0.15, 0.2) is 0 Å². The second-order valence-corrected chi connectivity index (χ2v) is 2.96. The number of hydrogen-bond acceptors (Lipinski definition) is 4. The Hall–Kier alpha value is 0.230. The van der Waals surface area contributed by atoms with E-state index in [0.717, 1.165) is 0 Å². The van der Waals surface area contributed by atoms with Gasteiger partial charge in [-0.25, -0.2) is 0 Å². The molecule has 0 spiro atoms. The third kappa shape index (κ3) is 1.29. The van der Waals surface area contributed by atoms with Crippen molar-refractivity contribution >= 4 is 12.6 Å². The van der Waals surface area contributed by atoms with Crippen molar-refractivity contribution in [3.05, 3.63) is 0 Å². The van der Waals surface area contributed by atoms with E-state index < -0.39 is 17.6 Å². The Bertz CT molecular complexity index is 120. The summed E-state index contributed by atoms with van der Waals surface area (Å²) in [5.74, 6) is 0.